The molecule has 0 aromatic rings. The smallest absolute Gasteiger partial charge is 0.230 e. The van der Waals surface area contributed by atoms with Crippen molar-refractivity contribution in [2.24, 2.45) is 11.7 Å². The highest BCUT2D eigenvalue weighted by atomic mass is 32.2. The van der Waals surface area contributed by atoms with E-state index in [1.807, 2.05) is 0 Å². The van der Waals surface area contributed by atoms with Crippen LogP contribution in [0.25, 0.3) is 0 Å². The molecule has 1 aliphatic carbocycles. The summed E-state index contributed by atoms with van der Waals surface area (Å²) >= 11 is 1.60. The average Bonchev–Trinajstić information content (AvgIpc) is 2.84. The first-order valence-corrected chi connectivity index (χ1v) is 5.53. The van der Waals surface area contributed by atoms with Gasteiger partial charge in [0.25, 0.3) is 0 Å². The maximum Gasteiger partial charge on any atom is 0.230 e. The maximum absolute atomic E-state index is 11.1. The highest BCUT2D eigenvalue weighted by molar-refractivity contribution is 7.99. The maximum atomic E-state index is 11.1. The summed E-state index contributed by atoms with van der Waals surface area (Å²) in [4.78, 5) is 11.1. The van der Waals surface area contributed by atoms with Crippen LogP contribution in [0, 0.1) is 5.92 Å². The Balaban J connectivity index is 1.88. The lowest BCUT2D eigenvalue weighted by molar-refractivity contribution is -0.118. The van der Waals surface area contributed by atoms with E-state index in [1.165, 1.54) is 12.8 Å². The van der Waals surface area contributed by atoms with Gasteiger partial charge in [-0.1, -0.05) is 0 Å². The van der Waals surface area contributed by atoms with Crippen molar-refractivity contribution in [3.63, 3.8) is 0 Å². The molecule has 0 atom stereocenters. The van der Waals surface area contributed by atoms with Gasteiger partial charge in [0.2, 0.25) is 5.91 Å². The molecule has 3 nitrogen and oxygen atoms in total. The van der Waals surface area contributed by atoms with Crippen molar-refractivity contribution in [1.82, 2.24) is 5.32 Å². The Morgan fingerprint density at radius 1 is 1.58 bits per heavy atom. The lowest BCUT2D eigenvalue weighted by Crippen LogP contribution is -2.27. The minimum absolute atomic E-state index is 0.153. The van der Waals surface area contributed by atoms with Gasteiger partial charge in [-0.2, -0.15) is 11.8 Å². The van der Waals surface area contributed by atoms with E-state index in [0.717, 1.165) is 18.2 Å². The van der Waals surface area contributed by atoms with Gasteiger partial charge in [0, 0.05) is 18.8 Å². The minimum Gasteiger partial charge on any atom is -0.355 e. The zero-order valence-corrected chi connectivity index (χ0v) is 8.03. The van der Waals surface area contributed by atoms with Gasteiger partial charge in [0.1, 0.15) is 0 Å². The van der Waals surface area contributed by atoms with Gasteiger partial charge in [-0.3, -0.25) is 4.79 Å². The van der Waals surface area contributed by atoms with Crippen LogP contribution in [-0.4, -0.2) is 30.5 Å². The summed E-state index contributed by atoms with van der Waals surface area (Å²) in [6, 6.07) is 0. The molecule has 0 spiro atoms. The zero-order valence-electron chi connectivity index (χ0n) is 7.21. The van der Waals surface area contributed by atoms with Crippen LogP contribution in [0.15, 0.2) is 0 Å². The standard InChI is InChI=1S/C8H16N2OS/c9-3-4-12-6-8(11)10-5-7-1-2-7/h7H,1-6,9H2,(H,10,11). The fourth-order valence-corrected chi connectivity index (χ4v) is 1.48. The molecule has 0 aromatic heterocycles. The van der Waals surface area contributed by atoms with Gasteiger partial charge in [-0.05, 0) is 18.8 Å². The minimum atomic E-state index is 0.153. The Bertz CT molecular complexity index is 148. The molecule has 1 saturated carbocycles. The van der Waals surface area contributed by atoms with Crippen molar-refractivity contribution in [1.29, 1.82) is 0 Å². The second-order valence-electron chi connectivity index (χ2n) is 3.09. The van der Waals surface area contributed by atoms with Crippen molar-refractivity contribution < 1.29 is 4.79 Å². The summed E-state index contributed by atoms with van der Waals surface area (Å²) in [6.45, 7) is 1.53. The SMILES string of the molecule is NCCSCC(=O)NCC1CC1. The molecule has 12 heavy (non-hydrogen) atoms. The molecule has 0 aromatic carbocycles. The van der Waals surface area contributed by atoms with Gasteiger partial charge in [-0.25, -0.2) is 0 Å². The topological polar surface area (TPSA) is 55.1 Å². The molecular weight excluding hydrogens is 172 g/mol. The third-order valence-corrected chi connectivity index (χ3v) is 2.77. The number of hydrogen-bond acceptors (Lipinski definition) is 3. The molecule has 0 saturated heterocycles. The Hall–Kier alpha value is -0.220. The van der Waals surface area contributed by atoms with E-state index in [-0.39, 0.29) is 5.91 Å². The van der Waals surface area contributed by atoms with Gasteiger partial charge in [0.05, 0.1) is 5.75 Å². The lowest BCUT2D eigenvalue weighted by atomic mass is 10.4. The first-order chi connectivity index (χ1) is 5.83. The number of amides is 1. The van der Waals surface area contributed by atoms with E-state index in [9.17, 15) is 4.79 Å². The predicted molar refractivity (Wildman–Crippen MR) is 52.1 cm³/mol. The molecule has 1 aliphatic rings. The van der Waals surface area contributed by atoms with E-state index < -0.39 is 0 Å². The molecule has 1 rings (SSSR count). The predicted octanol–water partition coefficient (Wildman–Crippen LogP) is 0.204. The molecule has 0 radical (unpaired) electrons. The van der Waals surface area contributed by atoms with Gasteiger partial charge >= 0.3 is 0 Å². The number of rotatable bonds is 6. The first-order valence-electron chi connectivity index (χ1n) is 4.37. The van der Waals surface area contributed by atoms with Crippen LogP contribution >= 0.6 is 11.8 Å². The summed E-state index contributed by atoms with van der Waals surface area (Å²) < 4.78 is 0. The Kier molecular flexibility index (Phi) is 4.46. The molecule has 0 aliphatic heterocycles. The largest absolute Gasteiger partial charge is 0.355 e. The highest BCUT2D eigenvalue weighted by Crippen LogP contribution is 2.27. The van der Waals surface area contributed by atoms with Crippen molar-refractivity contribution in [2.75, 3.05) is 24.6 Å². The van der Waals surface area contributed by atoms with Crippen molar-refractivity contribution >= 4 is 17.7 Å². The van der Waals surface area contributed by atoms with E-state index >= 15 is 0 Å². The van der Waals surface area contributed by atoms with Crippen LogP contribution in [0.5, 0.6) is 0 Å². The molecule has 0 unspecified atom stereocenters. The highest BCUT2D eigenvalue weighted by Gasteiger charge is 2.21. The number of nitrogens with one attached hydrogen (secondary N) is 1. The molecule has 0 bridgehead atoms. The van der Waals surface area contributed by atoms with E-state index in [2.05, 4.69) is 5.32 Å². The van der Waals surface area contributed by atoms with Crippen LogP contribution in [0.3, 0.4) is 0 Å². The summed E-state index contributed by atoms with van der Waals surface area (Å²) in [7, 11) is 0. The Morgan fingerprint density at radius 2 is 2.33 bits per heavy atom. The van der Waals surface area contributed by atoms with E-state index in [4.69, 9.17) is 5.73 Å². The second kappa shape index (κ2) is 5.43. The van der Waals surface area contributed by atoms with Crippen LogP contribution in [0.1, 0.15) is 12.8 Å². The molecule has 1 fully saturated rings. The molecule has 0 heterocycles. The monoisotopic (exact) mass is 188 g/mol. The Morgan fingerprint density at radius 3 is 2.92 bits per heavy atom. The fourth-order valence-electron chi connectivity index (χ4n) is 0.879. The third-order valence-electron chi connectivity index (χ3n) is 1.78. The summed E-state index contributed by atoms with van der Waals surface area (Å²) in [5, 5.41) is 2.90. The van der Waals surface area contributed by atoms with Gasteiger partial charge in [0.15, 0.2) is 0 Å². The van der Waals surface area contributed by atoms with Crippen LogP contribution in [-0.2, 0) is 4.79 Å². The van der Waals surface area contributed by atoms with Crippen molar-refractivity contribution in [3.8, 4) is 0 Å². The number of thioether (sulfide) groups is 1. The number of nitrogens with two attached hydrogens (primary N) is 1. The molecule has 4 heteroatoms. The van der Waals surface area contributed by atoms with Gasteiger partial charge in [-0.15, -0.1) is 0 Å². The van der Waals surface area contributed by atoms with Crippen LogP contribution in [0.4, 0.5) is 0 Å². The number of carbonyl (C=O) groups is 1. The first kappa shape index (κ1) is 9.86. The van der Waals surface area contributed by atoms with Gasteiger partial charge < -0.3 is 11.1 Å². The molecule has 3 N–H and O–H groups in total. The summed E-state index contributed by atoms with van der Waals surface area (Å²) in [5.74, 6) is 2.36. The number of carbonyl (C=O) groups excluding carboxylic acids is 1. The quantitative estimate of drug-likeness (QED) is 0.586. The van der Waals surface area contributed by atoms with Crippen LogP contribution in [0.2, 0.25) is 0 Å². The zero-order chi connectivity index (χ0) is 8.81. The van der Waals surface area contributed by atoms with Crippen molar-refractivity contribution in [3.05, 3.63) is 0 Å². The second-order valence-corrected chi connectivity index (χ2v) is 4.19. The average molecular weight is 188 g/mol. The lowest BCUT2D eigenvalue weighted by Gasteiger charge is -2.02. The Labute approximate surface area is 77.5 Å². The molecular formula is C8H16N2OS. The fraction of sp³-hybridized carbons (Fsp3) is 0.875. The van der Waals surface area contributed by atoms with Crippen molar-refractivity contribution in [2.45, 2.75) is 12.8 Å². The van der Waals surface area contributed by atoms with E-state index in [1.54, 1.807) is 11.8 Å². The van der Waals surface area contributed by atoms with Crippen LogP contribution < -0.4 is 11.1 Å². The third kappa shape index (κ3) is 4.62. The molecule has 1 amide bonds. The molecule has 70 valence electrons. The summed E-state index contributed by atoms with van der Waals surface area (Å²) in [6.07, 6.45) is 2.58. The normalized spacial score (nSPS) is 16.1. The summed E-state index contributed by atoms with van der Waals surface area (Å²) in [5.41, 5.74) is 5.29. The number of hydrogen-bond donors (Lipinski definition) is 2. The van der Waals surface area contributed by atoms with E-state index in [0.29, 0.717) is 12.3 Å².